The molecule has 0 bridgehead atoms. The third kappa shape index (κ3) is 4.86. The third-order valence-electron chi connectivity index (χ3n) is 3.62. The van der Waals surface area contributed by atoms with E-state index in [-0.39, 0.29) is 0 Å². The van der Waals surface area contributed by atoms with Gasteiger partial charge in [0.2, 0.25) is 5.89 Å². The van der Waals surface area contributed by atoms with Gasteiger partial charge in [0.1, 0.15) is 5.75 Å². The van der Waals surface area contributed by atoms with Gasteiger partial charge in [0.15, 0.2) is 0 Å². The Morgan fingerprint density at radius 1 is 1.00 bits per heavy atom. The summed E-state index contributed by atoms with van der Waals surface area (Å²) >= 11 is 1.52. The van der Waals surface area contributed by atoms with E-state index in [1.165, 1.54) is 17.3 Å². The number of rotatable bonds is 8. The summed E-state index contributed by atoms with van der Waals surface area (Å²) in [6, 6.07) is 20.1. The first-order valence-electron chi connectivity index (χ1n) is 7.99. The molecule has 0 aliphatic heterocycles. The second-order valence-corrected chi connectivity index (χ2v) is 6.53. The lowest BCUT2D eigenvalue weighted by Gasteiger charge is -2.08. The molecule has 0 radical (unpaired) electrons. The van der Waals surface area contributed by atoms with Gasteiger partial charge in [-0.2, -0.15) is 0 Å². The Morgan fingerprint density at radius 3 is 2.46 bits per heavy atom. The average molecular weight is 340 g/mol. The van der Waals surface area contributed by atoms with Crippen molar-refractivity contribution in [1.29, 1.82) is 0 Å². The molecule has 1 heterocycles. The number of thioether (sulfide) groups is 1. The first-order chi connectivity index (χ1) is 11.8. The van der Waals surface area contributed by atoms with Crippen molar-refractivity contribution in [2.45, 2.75) is 24.5 Å². The summed E-state index contributed by atoms with van der Waals surface area (Å²) in [7, 11) is 0. The molecular weight excluding hydrogens is 320 g/mol. The molecular formula is C19H20N2O2S. The molecule has 0 fully saturated rings. The van der Waals surface area contributed by atoms with E-state index in [1.54, 1.807) is 0 Å². The van der Waals surface area contributed by atoms with Crippen LogP contribution in [-0.2, 0) is 6.42 Å². The van der Waals surface area contributed by atoms with Crippen LogP contribution in [0, 0.1) is 0 Å². The van der Waals surface area contributed by atoms with E-state index in [9.17, 15) is 0 Å². The maximum absolute atomic E-state index is 5.71. The van der Waals surface area contributed by atoms with Crippen molar-refractivity contribution in [1.82, 2.24) is 10.2 Å². The van der Waals surface area contributed by atoms with Crippen molar-refractivity contribution < 1.29 is 9.15 Å². The van der Waals surface area contributed by atoms with Crippen molar-refractivity contribution in [3.8, 4) is 5.75 Å². The molecule has 3 rings (SSSR count). The number of hydrogen-bond acceptors (Lipinski definition) is 5. The van der Waals surface area contributed by atoms with Crippen molar-refractivity contribution in [3.63, 3.8) is 0 Å². The maximum atomic E-state index is 5.71. The maximum Gasteiger partial charge on any atom is 0.276 e. The standard InChI is InChI=1S/C19H20N2O2S/c1-15(16-8-4-2-5-9-16)14-18-20-21-19(23-18)24-13-12-22-17-10-6-3-7-11-17/h2-11,15H,12-14H2,1H3. The molecule has 2 aromatic carbocycles. The van der Waals surface area contributed by atoms with Crippen LogP contribution in [0.5, 0.6) is 5.75 Å². The number of aromatic nitrogens is 2. The highest BCUT2D eigenvalue weighted by Crippen LogP contribution is 2.22. The van der Waals surface area contributed by atoms with Gasteiger partial charge in [0.05, 0.1) is 6.61 Å². The zero-order valence-corrected chi connectivity index (χ0v) is 14.4. The zero-order chi connectivity index (χ0) is 16.6. The highest BCUT2D eigenvalue weighted by Gasteiger charge is 2.12. The molecule has 0 aliphatic rings. The Hall–Kier alpha value is -2.27. The summed E-state index contributed by atoms with van der Waals surface area (Å²) in [6.45, 7) is 2.77. The molecule has 0 spiro atoms. The average Bonchev–Trinajstić information content (AvgIpc) is 3.08. The lowest BCUT2D eigenvalue weighted by atomic mass is 9.98. The smallest absolute Gasteiger partial charge is 0.276 e. The minimum absolute atomic E-state index is 0.353. The summed E-state index contributed by atoms with van der Waals surface area (Å²) in [5, 5.41) is 8.84. The van der Waals surface area contributed by atoms with Crippen LogP contribution < -0.4 is 4.74 Å². The largest absolute Gasteiger partial charge is 0.493 e. The predicted octanol–water partition coefficient (Wildman–Crippen LogP) is 4.59. The van der Waals surface area contributed by atoms with Gasteiger partial charge in [-0.15, -0.1) is 10.2 Å². The Kier molecular flexibility index (Phi) is 5.90. The second-order valence-electron chi connectivity index (χ2n) is 5.49. The van der Waals surface area contributed by atoms with Crippen LogP contribution in [0.4, 0.5) is 0 Å². The minimum atomic E-state index is 0.353. The highest BCUT2D eigenvalue weighted by molar-refractivity contribution is 7.99. The van der Waals surface area contributed by atoms with Gasteiger partial charge < -0.3 is 9.15 Å². The molecule has 24 heavy (non-hydrogen) atoms. The lowest BCUT2D eigenvalue weighted by Crippen LogP contribution is -1.99. The molecule has 1 unspecified atom stereocenters. The number of nitrogens with zero attached hydrogens (tertiary/aromatic N) is 2. The summed E-state index contributed by atoms with van der Waals surface area (Å²) < 4.78 is 11.4. The van der Waals surface area contributed by atoms with Crippen LogP contribution >= 0.6 is 11.8 Å². The van der Waals surface area contributed by atoms with E-state index in [1.807, 2.05) is 48.5 Å². The Bertz CT molecular complexity index is 731. The van der Waals surface area contributed by atoms with Crippen LogP contribution in [-0.4, -0.2) is 22.6 Å². The van der Waals surface area contributed by atoms with Gasteiger partial charge in [-0.05, 0) is 23.6 Å². The normalized spacial score (nSPS) is 12.0. The highest BCUT2D eigenvalue weighted by atomic mass is 32.2. The summed E-state index contributed by atoms with van der Waals surface area (Å²) in [4.78, 5) is 0. The molecule has 5 heteroatoms. The number of benzene rings is 2. The van der Waals surface area contributed by atoms with E-state index in [4.69, 9.17) is 9.15 Å². The molecule has 0 aliphatic carbocycles. The monoisotopic (exact) mass is 340 g/mol. The number of hydrogen-bond donors (Lipinski definition) is 0. The van der Waals surface area contributed by atoms with Crippen molar-refractivity contribution >= 4 is 11.8 Å². The van der Waals surface area contributed by atoms with Gasteiger partial charge in [0, 0.05) is 12.2 Å². The molecule has 0 amide bonds. The van der Waals surface area contributed by atoms with E-state index in [0.717, 1.165) is 17.9 Å². The molecule has 0 saturated carbocycles. The van der Waals surface area contributed by atoms with Gasteiger partial charge in [-0.1, -0.05) is 67.2 Å². The molecule has 124 valence electrons. The number of para-hydroxylation sites is 1. The van der Waals surface area contributed by atoms with E-state index in [2.05, 4.69) is 29.3 Å². The molecule has 1 atom stereocenters. The zero-order valence-electron chi connectivity index (χ0n) is 13.6. The van der Waals surface area contributed by atoms with E-state index < -0.39 is 0 Å². The van der Waals surface area contributed by atoms with Crippen LogP contribution in [0.15, 0.2) is 70.3 Å². The first kappa shape index (κ1) is 16.6. The SMILES string of the molecule is CC(Cc1nnc(SCCOc2ccccc2)o1)c1ccccc1. The van der Waals surface area contributed by atoms with Crippen molar-refractivity contribution in [2.24, 2.45) is 0 Å². The predicted molar refractivity (Wildman–Crippen MR) is 95.5 cm³/mol. The first-order valence-corrected chi connectivity index (χ1v) is 8.98. The van der Waals surface area contributed by atoms with Crippen LogP contribution in [0.1, 0.15) is 24.3 Å². The molecule has 1 aromatic heterocycles. The molecule has 3 aromatic rings. The fourth-order valence-electron chi connectivity index (χ4n) is 2.35. The lowest BCUT2D eigenvalue weighted by molar-refractivity contribution is 0.342. The molecule has 0 saturated heterocycles. The Labute approximate surface area is 146 Å². The number of ether oxygens (including phenoxy) is 1. The second kappa shape index (κ2) is 8.55. The molecule has 4 nitrogen and oxygen atoms in total. The summed E-state index contributed by atoms with van der Waals surface area (Å²) in [5.74, 6) is 2.68. The fourth-order valence-corrected chi connectivity index (χ4v) is 2.94. The quantitative estimate of drug-likeness (QED) is 0.443. The van der Waals surface area contributed by atoms with Gasteiger partial charge in [-0.25, -0.2) is 0 Å². The van der Waals surface area contributed by atoms with Crippen LogP contribution in [0.2, 0.25) is 0 Å². The summed E-state index contributed by atoms with van der Waals surface area (Å²) in [5.41, 5.74) is 1.28. The van der Waals surface area contributed by atoms with Crippen LogP contribution in [0.25, 0.3) is 0 Å². The van der Waals surface area contributed by atoms with Crippen molar-refractivity contribution in [3.05, 3.63) is 72.1 Å². The van der Waals surface area contributed by atoms with E-state index >= 15 is 0 Å². The Morgan fingerprint density at radius 2 is 1.71 bits per heavy atom. The third-order valence-corrected chi connectivity index (χ3v) is 4.40. The van der Waals surface area contributed by atoms with E-state index in [0.29, 0.717) is 23.6 Å². The minimum Gasteiger partial charge on any atom is -0.493 e. The van der Waals surface area contributed by atoms with Gasteiger partial charge >= 0.3 is 0 Å². The van der Waals surface area contributed by atoms with Crippen molar-refractivity contribution in [2.75, 3.05) is 12.4 Å². The Balaban J connectivity index is 1.44. The van der Waals surface area contributed by atoms with Gasteiger partial charge in [-0.3, -0.25) is 0 Å². The summed E-state index contributed by atoms with van der Waals surface area (Å²) in [6.07, 6.45) is 0.748. The fraction of sp³-hybridized carbons (Fsp3) is 0.263. The topological polar surface area (TPSA) is 48.2 Å². The van der Waals surface area contributed by atoms with Crippen LogP contribution in [0.3, 0.4) is 0 Å². The van der Waals surface area contributed by atoms with Gasteiger partial charge in [0.25, 0.3) is 5.22 Å². The molecule has 0 N–H and O–H groups in total.